The molecule has 0 N–H and O–H groups in total. The number of hydrogen-bond acceptors (Lipinski definition) is 3. The molecule has 5 rings (SSSR count). The van der Waals surface area contributed by atoms with Gasteiger partial charge >= 0.3 is 6.18 Å². The van der Waals surface area contributed by atoms with Crippen molar-refractivity contribution in [2.75, 3.05) is 0 Å². The lowest BCUT2D eigenvalue weighted by molar-refractivity contribution is -0.137. The number of aromatic nitrogens is 4. The molecule has 9 heteroatoms. The van der Waals surface area contributed by atoms with Gasteiger partial charge in [0.25, 0.3) is 5.56 Å². The van der Waals surface area contributed by atoms with E-state index in [1.165, 1.54) is 47.3 Å². The minimum Gasteiger partial charge on any atom is -0.315 e. The van der Waals surface area contributed by atoms with Crippen LogP contribution in [0.15, 0.2) is 53.6 Å². The second-order valence-corrected chi connectivity index (χ2v) is 7.88. The molecular formula is C23H18F4N4O. The maximum absolute atomic E-state index is 13.5. The van der Waals surface area contributed by atoms with Gasteiger partial charge in [-0.1, -0.05) is 6.07 Å². The standard InChI is InChI=1S/C23H18F4N4O/c1-2-30-12-28-19-21(30)29-20(31(22(19)32)18-7-5-17(24)6-8-18)15-9-13-3-4-16(23(25,26)27)11-14(13)10-15/h3-8,11-12,15H,2,9-10H2,1H3. The lowest BCUT2D eigenvalue weighted by atomic mass is 10.0. The molecule has 0 saturated carbocycles. The summed E-state index contributed by atoms with van der Waals surface area (Å²) in [4.78, 5) is 22.3. The molecule has 2 aromatic heterocycles. The molecule has 164 valence electrons. The van der Waals surface area contributed by atoms with Crippen LogP contribution in [0.2, 0.25) is 0 Å². The summed E-state index contributed by atoms with van der Waals surface area (Å²) in [6.07, 6.45) is -2.11. The Morgan fingerprint density at radius 1 is 1.06 bits per heavy atom. The third-order valence-corrected chi connectivity index (χ3v) is 5.92. The SMILES string of the molecule is CCn1cnc2c(=O)n(-c3ccc(F)cc3)c(C3Cc4ccc(C(F)(F)F)cc4C3)nc21. The summed E-state index contributed by atoms with van der Waals surface area (Å²) in [5, 5.41) is 0. The molecule has 2 heterocycles. The van der Waals surface area contributed by atoms with Crippen LogP contribution in [0.3, 0.4) is 0 Å². The first-order valence-corrected chi connectivity index (χ1v) is 10.2. The molecule has 1 aliphatic carbocycles. The van der Waals surface area contributed by atoms with E-state index in [1.54, 1.807) is 4.57 Å². The Morgan fingerprint density at radius 3 is 2.47 bits per heavy atom. The van der Waals surface area contributed by atoms with Crippen LogP contribution in [0, 0.1) is 5.82 Å². The summed E-state index contributed by atoms with van der Waals surface area (Å²) in [6.45, 7) is 2.46. The van der Waals surface area contributed by atoms with Crippen molar-refractivity contribution in [3.8, 4) is 5.69 Å². The molecule has 4 aromatic rings. The highest BCUT2D eigenvalue weighted by Gasteiger charge is 2.34. The lowest BCUT2D eigenvalue weighted by Crippen LogP contribution is -2.26. The predicted octanol–water partition coefficient (Wildman–Crippen LogP) is 4.64. The van der Waals surface area contributed by atoms with E-state index in [9.17, 15) is 22.4 Å². The van der Waals surface area contributed by atoms with Crippen molar-refractivity contribution in [2.45, 2.75) is 38.4 Å². The molecule has 2 aromatic carbocycles. The van der Waals surface area contributed by atoms with Gasteiger partial charge in [-0.05, 0) is 67.3 Å². The van der Waals surface area contributed by atoms with Crippen molar-refractivity contribution in [3.63, 3.8) is 0 Å². The summed E-state index contributed by atoms with van der Waals surface area (Å²) in [5.41, 5.74) is 1.35. The fourth-order valence-electron chi connectivity index (χ4n) is 4.33. The quantitative estimate of drug-likeness (QED) is 0.435. The van der Waals surface area contributed by atoms with Crippen LogP contribution < -0.4 is 5.56 Å². The van der Waals surface area contributed by atoms with E-state index in [-0.39, 0.29) is 11.4 Å². The van der Waals surface area contributed by atoms with E-state index >= 15 is 0 Å². The van der Waals surface area contributed by atoms with Gasteiger partial charge in [0.15, 0.2) is 11.2 Å². The van der Waals surface area contributed by atoms with Crippen LogP contribution in [0.25, 0.3) is 16.9 Å². The zero-order valence-electron chi connectivity index (χ0n) is 17.0. The number of halogens is 4. The molecule has 32 heavy (non-hydrogen) atoms. The topological polar surface area (TPSA) is 52.7 Å². The molecule has 0 fully saturated rings. The first-order valence-electron chi connectivity index (χ1n) is 10.2. The Balaban J connectivity index is 1.68. The summed E-state index contributed by atoms with van der Waals surface area (Å²) in [7, 11) is 0. The third-order valence-electron chi connectivity index (χ3n) is 5.92. The van der Waals surface area contributed by atoms with Crippen LogP contribution in [0.4, 0.5) is 17.6 Å². The number of nitrogens with zero attached hydrogens (tertiary/aromatic N) is 4. The summed E-state index contributed by atoms with van der Waals surface area (Å²) >= 11 is 0. The van der Waals surface area contributed by atoms with Gasteiger partial charge in [-0.25, -0.2) is 14.4 Å². The van der Waals surface area contributed by atoms with E-state index in [2.05, 4.69) is 4.98 Å². The van der Waals surface area contributed by atoms with Gasteiger partial charge < -0.3 is 4.57 Å². The number of hydrogen-bond donors (Lipinski definition) is 0. The van der Waals surface area contributed by atoms with Crippen molar-refractivity contribution in [1.29, 1.82) is 0 Å². The number of imidazole rings is 1. The Hall–Kier alpha value is -3.49. The van der Waals surface area contributed by atoms with Crippen molar-refractivity contribution in [3.05, 3.63) is 87.5 Å². The molecule has 0 radical (unpaired) electrons. The zero-order valence-corrected chi connectivity index (χ0v) is 17.0. The number of aryl methyl sites for hydroxylation is 1. The van der Waals surface area contributed by atoms with Gasteiger partial charge in [0, 0.05) is 12.5 Å². The molecule has 1 atom stereocenters. The smallest absolute Gasteiger partial charge is 0.315 e. The van der Waals surface area contributed by atoms with E-state index in [0.29, 0.717) is 42.1 Å². The third kappa shape index (κ3) is 3.28. The van der Waals surface area contributed by atoms with Gasteiger partial charge in [0.1, 0.15) is 11.6 Å². The fraction of sp³-hybridized carbons (Fsp3) is 0.261. The Bertz CT molecular complexity index is 1390. The second kappa shape index (κ2) is 7.29. The Labute approximate surface area is 180 Å². The van der Waals surface area contributed by atoms with Gasteiger partial charge in [-0.3, -0.25) is 9.36 Å². The normalized spacial score (nSPS) is 16.0. The largest absolute Gasteiger partial charge is 0.416 e. The van der Waals surface area contributed by atoms with Crippen LogP contribution in [0.5, 0.6) is 0 Å². The van der Waals surface area contributed by atoms with Crippen molar-refractivity contribution < 1.29 is 17.6 Å². The molecule has 5 nitrogen and oxygen atoms in total. The Morgan fingerprint density at radius 2 is 1.78 bits per heavy atom. The van der Waals surface area contributed by atoms with E-state index in [4.69, 9.17) is 4.98 Å². The highest BCUT2D eigenvalue weighted by molar-refractivity contribution is 5.70. The zero-order chi connectivity index (χ0) is 22.6. The minimum absolute atomic E-state index is 0.190. The van der Waals surface area contributed by atoms with Crippen LogP contribution in [-0.2, 0) is 25.6 Å². The average Bonchev–Trinajstić information content (AvgIpc) is 3.37. The number of benzene rings is 2. The van der Waals surface area contributed by atoms with E-state index in [1.807, 2.05) is 6.92 Å². The summed E-state index contributed by atoms with van der Waals surface area (Å²) < 4.78 is 56.2. The van der Waals surface area contributed by atoms with Crippen molar-refractivity contribution >= 4 is 11.2 Å². The predicted molar refractivity (Wildman–Crippen MR) is 110 cm³/mol. The molecule has 1 unspecified atom stereocenters. The highest BCUT2D eigenvalue weighted by Crippen LogP contribution is 2.38. The van der Waals surface area contributed by atoms with Gasteiger partial charge in [-0.15, -0.1) is 0 Å². The molecular weight excluding hydrogens is 424 g/mol. The molecule has 0 saturated heterocycles. The maximum atomic E-state index is 13.5. The minimum atomic E-state index is -4.42. The molecule has 0 spiro atoms. The Kier molecular flexibility index (Phi) is 4.65. The lowest BCUT2D eigenvalue weighted by Gasteiger charge is -2.17. The van der Waals surface area contributed by atoms with Crippen molar-refractivity contribution in [1.82, 2.24) is 19.1 Å². The monoisotopic (exact) mass is 442 g/mol. The van der Waals surface area contributed by atoms with E-state index < -0.39 is 23.1 Å². The van der Waals surface area contributed by atoms with Gasteiger partial charge in [0.05, 0.1) is 17.6 Å². The number of fused-ring (bicyclic) bond motifs is 2. The van der Waals surface area contributed by atoms with Crippen LogP contribution in [0.1, 0.15) is 35.4 Å². The first-order chi connectivity index (χ1) is 15.3. The summed E-state index contributed by atoms with van der Waals surface area (Å²) in [5.74, 6) is -0.328. The second-order valence-electron chi connectivity index (χ2n) is 7.88. The van der Waals surface area contributed by atoms with Crippen molar-refractivity contribution in [2.24, 2.45) is 0 Å². The molecule has 0 bridgehead atoms. The van der Waals surface area contributed by atoms with Gasteiger partial charge in [0.2, 0.25) is 0 Å². The first kappa shape index (κ1) is 20.4. The maximum Gasteiger partial charge on any atom is 0.416 e. The number of rotatable bonds is 3. The highest BCUT2D eigenvalue weighted by atomic mass is 19.4. The average molecular weight is 442 g/mol. The van der Waals surface area contributed by atoms with E-state index in [0.717, 1.165) is 11.6 Å². The van der Waals surface area contributed by atoms with Crippen LogP contribution in [-0.4, -0.2) is 19.1 Å². The molecule has 1 aliphatic rings. The number of alkyl halides is 3. The van der Waals surface area contributed by atoms with Crippen LogP contribution >= 0.6 is 0 Å². The summed E-state index contributed by atoms with van der Waals surface area (Å²) in [6, 6.07) is 9.20. The van der Waals surface area contributed by atoms with Gasteiger partial charge in [-0.2, -0.15) is 13.2 Å². The molecule has 0 aliphatic heterocycles. The fourth-order valence-corrected chi connectivity index (χ4v) is 4.33. The molecule has 0 amide bonds.